The fourth-order valence-electron chi connectivity index (χ4n) is 3.10. The number of hydrogen-bond donors (Lipinski definition) is 1. The number of benzene rings is 2. The zero-order chi connectivity index (χ0) is 23.4. The van der Waals surface area contributed by atoms with Gasteiger partial charge in [0, 0.05) is 18.0 Å². The van der Waals surface area contributed by atoms with Crippen LogP contribution < -0.4 is 10.3 Å². The molecule has 4 rings (SSSR count). The Hall–Kier alpha value is -4.86. The summed E-state index contributed by atoms with van der Waals surface area (Å²) in [6, 6.07) is 20.0. The van der Waals surface area contributed by atoms with E-state index in [-0.39, 0.29) is 17.5 Å². The molecule has 164 valence electrons. The molecule has 0 aliphatic carbocycles. The molecule has 0 aliphatic rings. The van der Waals surface area contributed by atoms with Gasteiger partial charge in [0.2, 0.25) is 5.91 Å². The number of carbonyl (C=O) groups excluding carboxylic acids is 2. The smallest absolute Gasteiger partial charge is 0.400 e. The van der Waals surface area contributed by atoms with Crippen molar-refractivity contribution >= 4 is 46.3 Å². The highest BCUT2D eigenvalue weighted by Crippen LogP contribution is 2.25. The van der Waals surface area contributed by atoms with E-state index in [1.165, 1.54) is 25.1 Å². The summed E-state index contributed by atoms with van der Waals surface area (Å²) in [6.07, 6.45) is 1.16. The summed E-state index contributed by atoms with van der Waals surface area (Å²) in [5, 5.41) is 19.3. The van der Waals surface area contributed by atoms with Crippen molar-refractivity contribution in [2.24, 2.45) is 5.10 Å². The van der Waals surface area contributed by atoms with Crippen molar-refractivity contribution in [3.8, 4) is 0 Å². The molecule has 1 N–H and O–H groups in total. The number of fused-ring (bicyclic) bond motifs is 1. The Morgan fingerprint density at radius 1 is 1.09 bits per heavy atom. The van der Waals surface area contributed by atoms with Crippen LogP contribution in [-0.2, 0) is 4.79 Å². The van der Waals surface area contributed by atoms with Gasteiger partial charge in [-0.05, 0) is 30.3 Å². The van der Waals surface area contributed by atoms with Crippen molar-refractivity contribution in [1.82, 2.24) is 4.98 Å². The van der Waals surface area contributed by atoms with Crippen molar-refractivity contribution in [2.75, 3.05) is 10.3 Å². The second-order valence-electron chi connectivity index (χ2n) is 6.87. The molecular formula is C23H17N5O5. The predicted molar refractivity (Wildman–Crippen MR) is 122 cm³/mol. The van der Waals surface area contributed by atoms with Crippen molar-refractivity contribution < 1.29 is 18.9 Å². The second-order valence-corrected chi connectivity index (χ2v) is 6.87. The molecule has 0 fully saturated rings. The van der Waals surface area contributed by atoms with Crippen molar-refractivity contribution in [3.05, 3.63) is 94.2 Å². The monoisotopic (exact) mass is 443 g/mol. The third kappa shape index (κ3) is 4.74. The van der Waals surface area contributed by atoms with Gasteiger partial charge in [-0.15, -0.1) is 0 Å². The maximum atomic E-state index is 13.1. The summed E-state index contributed by atoms with van der Waals surface area (Å²) in [7, 11) is 0. The lowest BCUT2D eigenvalue weighted by molar-refractivity contribution is -0.402. The van der Waals surface area contributed by atoms with Crippen LogP contribution in [0.2, 0.25) is 0 Å². The first-order valence-corrected chi connectivity index (χ1v) is 9.77. The summed E-state index contributed by atoms with van der Waals surface area (Å²) < 4.78 is 5.04. The van der Waals surface area contributed by atoms with Crippen LogP contribution in [0.1, 0.15) is 23.0 Å². The Kier molecular flexibility index (Phi) is 5.90. The minimum atomic E-state index is -0.678. The fourth-order valence-corrected chi connectivity index (χ4v) is 3.10. The van der Waals surface area contributed by atoms with Crippen LogP contribution in [0.4, 0.5) is 17.4 Å². The molecule has 0 atom stereocenters. The number of nitrogens with one attached hydrogen (secondary N) is 1. The number of nitrogens with zero attached hydrogens (tertiary/aromatic N) is 4. The Balaban J connectivity index is 1.73. The molecule has 0 aliphatic heterocycles. The Morgan fingerprint density at radius 3 is 2.52 bits per heavy atom. The normalized spacial score (nSPS) is 10.9. The number of amides is 2. The maximum Gasteiger partial charge on any atom is 0.433 e. The standard InChI is InChI=1S/C23H17N5O5/c1-15(29)27(24-14-17-11-12-22(33-17)28(31)32)21-13-19(18-9-5-6-10-20(18)26-21)23(30)25-16-7-3-2-4-8-16/h2-14H,1H3,(H,25,30)/b24-14-. The average Bonchev–Trinajstić information content (AvgIpc) is 3.28. The number of furan rings is 1. The molecule has 0 saturated heterocycles. The number of rotatable bonds is 6. The van der Waals surface area contributed by atoms with Gasteiger partial charge in [0.1, 0.15) is 4.92 Å². The van der Waals surface area contributed by atoms with Crippen LogP contribution >= 0.6 is 0 Å². The average molecular weight is 443 g/mol. The first-order valence-electron chi connectivity index (χ1n) is 9.77. The Labute approximate surface area is 187 Å². The number of nitro groups is 1. The lowest BCUT2D eigenvalue weighted by atomic mass is 10.1. The minimum absolute atomic E-state index is 0.0794. The van der Waals surface area contributed by atoms with Crippen LogP contribution in [0.15, 0.2) is 82.3 Å². The third-order valence-electron chi connectivity index (χ3n) is 4.59. The first-order chi connectivity index (χ1) is 15.9. The molecular weight excluding hydrogens is 426 g/mol. The van der Waals surface area contributed by atoms with E-state index in [9.17, 15) is 19.7 Å². The van der Waals surface area contributed by atoms with Gasteiger partial charge < -0.3 is 9.73 Å². The van der Waals surface area contributed by atoms with Crippen LogP contribution in [0.25, 0.3) is 10.9 Å². The number of carbonyl (C=O) groups is 2. The number of pyridine rings is 1. The van der Waals surface area contributed by atoms with Gasteiger partial charge in [0.15, 0.2) is 11.6 Å². The summed E-state index contributed by atoms with van der Waals surface area (Å²) in [6.45, 7) is 1.28. The zero-order valence-electron chi connectivity index (χ0n) is 17.3. The number of hydrogen-bond acceptors (Lipinski definition) is 7. The van der Waals surface area contributed by atoms with Gasteiger partial charge in [-0.3, -0.25) is 19.7 Å². The van der Waals surface area contributed by atoms with Crippen LogP contribution in [0, 0.1) is 10.1 Å². The van der Waals surface area contributed by atoms with Gasteiger partial charge in [0.05, 0.1) is 23.4 Å². The Bertz CT molecular complexity index is 1380. The molecule has 2 aromatic heterocycles. The quantitative estimate of drug-likeness (QED) is 0.267. The minimum Gasteiger partial charge on any atom is -0.400 e. The molecule has 2 aromatic carbocycles. The molecule has 2 heterocycles. The highest BCUT2D eigenvalue weighted by Gasteiger charge is 2.19. The first kappa shape index (κ1) is 21.4. The lowest BCUT2D eigenvalue weighted by Gasteiger charge is -2.16. The van der Waals surface area contributed by atoms with E-state index in [0.717, 1.165) is 11.2 Å². The molecule has 0 radical (unpaired) electrons. The van der Waals surface area contributed by atoms with Gasteiger partial charge in [-0.25, -0.2) is 4.98 Å². The van der Waals surface area contributed by atoms with E-state index in [1.807, 2.05) is 6.07 Å². The van der Waals surface area contributed by atoms with E-state index in [0.29, 0.717) is 22.2 Å². The van der Waals surface area contributed by atoms with E-state index >= 15 is 0 Å². The SMILES string of the molecule is CC(=O)N(/N=C\c1ccc([N+](=O)[O-])o1)c1cc(C(=O)Nc2ccccc2)c2ccccc2n1. The molecule has 4 aromatic rings. The van der Waals surface area contributed by atoms with Crippen molar-refractivity contribution in [1.29, 1.82) is 0 Å². The van der Waals surface area contributed by atoms with E-state index < -0.39 is 16.7 Å². The fraction of sp³-hybridized carbons (Fsp3) is 0.0435. The molecule has 0 unspecified atom stereocenters. The van der Waals surface area contributed by atoms with Gasteiger partial charge in [-0.2, -0.15) is 10.1 Å². The molecule has 10 nitrogen and oxygen atoms in total. The van der Waals surface area contributed by atoms with Crippen LogP contribution in [-0.4, -0.2) is 27.9 Å². The topological polar surface area (TPSA) is 131 Å². The molecule has 0 spiro atoms. The molecule has 0 bridgehead atoms. The van der Waals surface area contributed by atoms with Crippen LogP contribution in [0.5, 0.6) is 0 Å². The third-order valence-corrected chi connectivity index (χ3v) is 4.59. The highest BCUT2D eigenvalue weighted by atomic mass is 16.6. The summed E-state index contributed by atoms with van der Waals surface area (Å²) in [5.74, 6) is -1.12. The van der Waals surface area contributed by atoms with Crippen molar-refractivity contribution in [3.63, 3.8) is 0 Å². The highest BCUT2D eigenvalue weighted by molar-refractivity contribution is 6.13. The largest absolute Gasteiger partial charge is 0.433 e. The number of anilines is 2. The summed E-state index contributed by atoms with van der Waals surface area (Å²) in [4.78, 5) is 40.0. The zero-order valence-corrected chi connectivity index (χ0v) is 17.3. The van der Waals surface area contributed by atoms with E-state index in [4.69, 9.17) is 4.42 Å². The summed E-state index contributed by atoms with van der Waals surface area (Å²) >= 11 is 0. The van der Waals surface area contributed by atoms with Gasteiger partial charge in [0.25, 0.3) is 5.91 Å². The Morgan fingerprint density at radius 2 is 1.82 bits per heavy atom. The molecule has 2 amide bonds. The lowest BCUT2D eigenvalue weighted by Crippen LogP contribution is -2.24. The second kappa shape index (κ2) is 9.10. The summed E-state index contributed by atoms with van der Waals surface area (Å²) in [5.41, 5.74) is 1.41. The number of para-hydroxylation sites is 2. The van der Waals surface area contributed by atoms with E-state index in [2.05, 4.69) is 15.4 Å². The number of hydrazone groups is 1. The number of aromatic nitrogens is 1. The molecule has 10 heteroatoms. The maximum absolute atomic E-state index is 13.1. The van der Waals surface area contributed by atoms with Gasteiger partial charge >= 0.3 is 5.88 Å². The van der Waals surface area contributed by atoms with Gasteiger partial charge in [-0.1, -0.05) is 36.4 Å². The van der Waals surface area contributed by atoms with E-state index in [1.54, 1.807) is 48.5 Å². The van der Waals surface area contributed by atoms with Crippen LogP contribution in [0.3, 0.4) is 0 Å². The predicted octanol–water partition coefficient (Wildman–Crippen LogP) is 4.38. The molecule has 0 saturated carbocycles. The molecule has 33 heavy (non-hydrogen) atoms. The van der Waals surface area contributed by atoms with Crippen molar-refractivity contribution in [2.45, 2.75) is 6.92 Å².